The lowest BCUT2D eigenvalue weighted by atomic mass is 10.0. The van der Waals surface area contributed by atoms with Crippen LogP contribution in [0.1, 0.15) is 49.3 Å². The van der Waals surface area contributed by atoms with Crippen LogP contribution in [-0.4, -0.2) is 72.8 Å². The quantitative estimate of drug-likeness (QED) is 0.329. The smallest absolute Gasteiger partial charge is 0.225 e. The van der Waals surface area contributed by atoms with Gasteiger partial charge < -0.3 is 9.80 Å². The number of hydrogen-bond donors (Lipinski definition) is 0. The van der Waals surface area contributed by atoms with Crippen LogP contribution in [0.4, 0.5) is 11.9 Å². The first-order chi connectivity index (χ1) is 14.7. The van der Waals surface area contributed by atoms with Gasteiger partial charge in [0.2, 0.25) is 11.9 Å². The molecule has 2 aromatic rings. The Hall–Kier alpha value is -1.88. The number of alkyl halides is 1. The lowest BCUT2D eigenvalue weighted by molar-refractivity contribution is 0.0964. The Labute approximate surface area is 197 Å². The van der Waals surface area contributed by atoms with E-state index in [1.807, 2.05) is 20.0 Å². The van der Waals surface area contributed by atoms with E-state index in [4.69, 9.17) is 4.98 Å². The lowest BCUT2D eigenvalue weighted by Gasteiger charge is -2.35. The van der Waals surface area contributed by atoms with Crippen LogP contribution in [0.2, 0.25) is 0 Å². The zero-order chi connectivity index (χ0) is 22.2. The number of halogens is 1. The SMILES string of the molecule is CC(C)N1CCc2nc(N3CCN(c4ncc(C(=O)C(C)(C)I)cn4)CC3)ncc2C1. The summed E-state index contributed by atoms with van der Waals surface area (Å²) in [5.41, 5.74) is 2.99. The number of carbonyl (C=O) groups excluding carboxylic acids is 1. The molecule has 0 aliphatic carbocycles. The maximum atomic E-state index is 12.4. The Morgan fingerprint density at radius 2 is 1.55 bits per heavy atom. The maximum absolute atomic E-state index is 12.4. The second-order valence-corrected chi connectivity index (χ2v) is 11.7. The van der Waals surface area contributed by atoms with Crippen molar-refractivity contribution in [2.75, 3.05) is 42.5 Å². The van der Waals surface area contributed by atoms with Gasteiger partial charge in [-0.15, -0.1) is 0 Å². The van der Waals surface area contributed by atoms with Crippen molar-refractivity contribution in [3.05, 3.63) is 35.4 Å². The molecule has 4 heterocycles. The van der Waals surface area contributed by atoms with Gasteiger partial charge in [0.05, 0.1) is 14.7 Å². The monoisotopic (exact) mass is 535 g/mol. The van der Waals surface area contributed by atoms with Crippen molar-refractivity contribution < 1.29 is 4.79 Å². The molecule has 1 fully saturated rings. The highest BCUT2D eigenvalue weighted by Crippen LogP contribution is 2.24. The first-order valence-electron chi connectivity index (χ1n) is 10.9. The van der Waals surface area contributed by atoms with E-state index in [0.29, 0.717) is 17.6 Å². The fraction of sp³-hybridized carbons (Fsp3) is 0.591. The normalized spacial score (nSPS) is 17.7. The van der Waals surface area contributed by atoms with E-state index in [1.54, 1.807) is 12.4 Å². The van der Waals surface area contributed by atoms with Crippen LogP contribution in [0.15, 0.2) is 18.6 Å². The standard InChI is InChI=1S/C22H30IN7O/c1-15(2)30-6-5-18-17(14-30)13-26-21(27-18)29-9-7-28(8-10-29)20-24-11-16(12-25-20)19(31)22(3,4)23/h11-13,15H,5-10,14H2,1-4H3. The highest BCUT2D eigenvalue weighted by atomic mass is 127. The second kappa shape index (κ2) is 8.93. The first kappa shape index (κ1) is 22.3. The molecule has 166 valence electrons. The molecule has 0 saturated carbocycles. The molecule has 2 aliphatic heterocycles. The summed E-state index contributed by atoms with van der Waals surface area (Å²) in [6.07, 6.45) is 6.27. The van der Waals surface area contributed by atoms with Crippen molar-refractivity contribution in [2.45, 2.75) is 50.1 Å². The average molecular weight is 535 g/mol. The molecule has 1 saturated heterocycles. The lowest BCUT2D eigenvalue weighted by Crippen LogP contribution is -2.48. The minimum Gasteiger partial charge on any atom is -0.337 e. The van der Waals surface area contributed by atoms with Crippen molar-refractivity contribution in [3.63, 3.8) is 0 Å². The van der Waals surface area contributed by atoms with Gasteiger partial charge in [0.15, 0.2) is 5.78 Å². The molecule has 0 unspecified atom stereocenters. The molecule has 31 heavy (non-hydrogen) atoms. The Morgan fingerprint density at radius 1 is 0.968 bits per heavy atom. The van der Waals surface area contributed by atoms with Gasteiger partial charge in [-0.3, -0.25) is 9.69 Å². The van der Waals surface area contributed by atoms with Crippen LogP contribution >= 0.6 is 22.6 Å². The van der Waals surface area contributed by atoms with Gasteiger partial charge >= 0.3 is 0 Å². The van der Waals surface area contributed by atoms with Crippen molar-refractivity contribution >= 4 is 40.3 Å². The second-order valence-electron chi connectivity index (χ2n) is 9.00. The molecule has 0 aromatic carbocycles. The largest absolute Gasteiger partial charge is 0.337 e. The fourth-order valence-electron chi connectivity index (χ4n) is 3.97. The third-order valence-electron chi connectivity index (χ3n) is 5.97. The number of nitrogens with zero attached hydrogens (tertiary/aromatic N) is 7. The van der Waals surface area contributed by atoms with Crippen LogP contribution in [0, 0.1) is 0 Å². The third-order valence-corrected chi connectivity index (χ3v) is 6.46. The Kier molecular flexibility index (Phi) is 6.43. The fourth-order valence-corrected chi connectivity index (χ4v) is 4.28. The maximum Gasteiger partial charge on any atom is 0.225 e. The number of anilines is 2. The molecule has 0 radical (unpaired) electrons. The van der Waals surface area contributed by atoms with Crippen LogP contribution < -0.4 is 9.80 Å². The highest BCUT2D eigenvalue weighted by Gasteiger charge is 2.27. The van der Waals surface area contributed by atoms with Crippen molar-refractivity contribution in [1.82, 2.24) is 24.8 Å². The van der Waals surface area contributed by atoms with E-state index in [1.165, 1.54) is 11.3 Å². The molecular weight excluding hydrogens is 505 g/mol. The molecule has 0 amide bonds. The number of ketones is 1. The number of piperazine rings is 1. The van der Waals surface area contributed by atoms with E-state index in [0.717, 1.165) is 51.6 Å². The van der Waals surface area contributed by atoms with Crippen LogP contribution in [0.5, 0.6) is 0 Å². The first-order valence-corrected chi connectivity index (χ1v) is 11.9. The van der Waals surface area contributed by atoms with Gasteiger partial charge in [-0.2, -0.15) is 0 Å². The van der Waals surface area contributed by atoms with Gasteiger partial charge in [-0.05, 0) is 27.7 Å². The van der Waals surface area contributed by atoms with Crippen molar-refractivity contribution in [2.24, 2.45) is 0 Å². The molecule has 2 aromatic heterocycles. The van der Waals surface area contributed by atoms with E-state index in [2.05, 4.69) is 66.1 Å². The zero-order valence-corrected chi connectivity index (χ0v) is 20.8. The van der Waals surface area contributed by atoms with Crippen LogP contribution in [0.25, 0.3) is 0 Å². The van der Waals surface area contributed by atoms with Crippen LogP contribution in [-0.2, 0) is 13.0 Å². The number of hydrogen-bond acceptors (Lipinski definition) is 8. The van der Waals surface area contributed by atoms with Gasteiger partial charge in [-0.1, -0.05) is 22.6 Å². The molecule has 0 atom stereocenters. The van der Waals surface area contributed by atoms with Crippen LogP contribution in [0.3, 0.4) is 0 Å². The molecule has 2 aliphatic rings. The molecule has 8 nitrogen and oxygen atoms in total. The minimum absolute atomic E-state index is 0.0468. The molecule has 0 N–H and O–H groups in total. The number of Topliss-reactive ketones (excluding diaryl/α,β-unsaturated/α-hetero) is 1. The predicted octanol–water partition coefficient (Wildman–Crippen LogP) is 2.76. The molecule has 9 heteroatoms. The molecule has 4 rings (SSSR count). The number of carbonyl (C=O) groups is 1. The van der Waals surface area contributed by atoms with Gasteiger partial charge in [-0.25, -0.2) is 19.9 Å². The van der Waals surface area contributed by atoms with Gasteiger partial charge in [0.25, 0.3) is 0 Å². The summed E-state index contributed by atoms with van der Waals surface area (Å²) in [6, 6.07) is 0.545. The average Bonchev–Trinajstić information content (AvgIpc) is 2.77. The van der Waals surface area contributed by atoms with E-state index in [9.17, 15) is 4.79 Å². The molecule has 0 spiro atoms. The number of aromatic nitrogens is 4. The van der Waals surface area contributed by atoms with E-state index < -0.39 is 3.42 Å². The summed E-state index contributed by atoms with van der Waals surface area (Å²) >= 11 is 2.15. The summed E-state index contributed by atoms with van der Waals surface area (Å²) in [7, 11) is 0. The summed E-state index contributed by atoms with van der Waals surface area (Å²) in [6.45, 7) is 13.5. The Bertz CT molecular complexity index is 934. The van der Waals surface area contributed by atoms with E-state index in [-0.39, 0.29) is 5.78 Å². The third kappa shape index (κ3) is 4.97. The van der Waals surface area contributed by atoms with Crippen molar-refractivity contribution in [3.8, 4) is 0 Å². The predicted molar refractivity (Wildman–Crippen MR) is 130 cm³/mol. The number of fused-ring (bicyclic) bond motifs is 1. The number of rotatable bonds is 5. The Balaban J connectivity index is 1.38. The highest BCUT2D eigenvalue weighted by molar-refractivity contribution is 14.1. The van der Waals surface area contributed by atoms with Gasteiger partial charge in [0.1, 0.15) is 0 Å². The summed E-state index contributed by atoms with van der Waals surface area (Å²) in [5, 5.41) is 0. The Morgan fingerprint density at radius 3 is 2.13 bits per heavy atom. The zero-order valence-electron chi connectivity index (χ0n) is 18.7. The molecular formula is C22H30IN7O. The summed E-state index contributed by atoms with van der Waals surface area (Å²) < 4.78 is -0.462. The summed E-state index contributed by atoms with van der Waals surface area (Å²) in [4.78, 5) is 37.7. The van der Waals surface area contributed by atoms with Gasteiger partial charge in [0, 0.05) is 75.9 Å². The minimum atomic E-state index is -0.462. The van der Waals surface area contributed by atoms with Crippen molar-refractivity contribution in [1.29, 1.82) is 0 Å². The topological polar surface area (TPSA) is 78.4 Å². The van der Waals surface area contributed by atoms with E-state index >= 15 is 0 Å². The summed E-state index contributed by atoms with van der Waals surface area (Å²) in [5.74, 6) is 1.54. The molecule has 0 bridgehead atoms.